The molecule has 0 bridgehead atoms. The number of aromatic nitrogens is 1. The van der Waals surface area contributed by atoms with Crippen LogP contribution in [0.15, 0.2) is 59.5 Å². The Hall–Kier alpha value is -3.87. The molecule has 1 atom stereocenters. The highest BCUT2D eigenvalue weighted by atomic mass is 16.5. The molecular weight excluding hydrogens is 480 g/mol. The fourth-order valence-electron chi connectivity index (χ4n) is 5.89. The highest BCUT2D eigenvalue weighted by Gasteiger charge is 2.42. The van der Waals surface area contributed by atoms with Crippen LogP contribution in [0.25, 0.3) is 0 Å². The number of carboxylic acid groups (broad SMARTS) is 1. The number of aryl methyl sites for hydroxylation is 2. The van der Waals surface area contributed by atoms with Crippen LogP contribution in [0.3, 0.4) is 0 Å². The number of nitrogens with zero attached hydrogens (tertiary/aromatic N) is 2. The number of fused-ring (bicyclic) bond motifs is 3. The SMILES string of the molecule is CCCCOc1c2n(cc(C(=O)O)c1=O)[C@@H](C1c3ccccc3CCc3ccccc31)CN(C(C)C)C2=O. The van der Waals surface area contributed by atoms with Gasteiger partial charge in [-0.25, -0.2) is 4.79 Å². The monoisotopic (exact) mass is 514 g/mol. The highest BCUT2D eigenvalue weighted by molar-refractivity contribution is 5.98. The van der Waals surface area contributed by atoms with E-state index < -0.39 is 11.4 Å². The van der Waals surface area contributed by atoms with Crippen molar-refractivity contribution in [1.29, 1.82) is 0 Å². The van der Waals surface area contributed by atoms with Crippen molar-refractivity contribution in [1.82, 2.24) is 9.47 Å². The van der Waals surface area contributed by atoms with Gasteiger partial charge in [-0.2, -0.15) is 0 Å². The minimum atomic E-state index is -1.33. The number of amides is 1. The summed E-state index contributed by atoms with van der Waals surface area (Å²) in [6.07, 6.45) is 4.68. The number of unbranched alkanes of at least 4 members (excludes halogenated alkanes) is 1. The van der Waals surface area contributed by atoms with E-state index in [1.54, 1.807) is 9.47 Å². The molecule has 7 heteroatoms. The summed E-state index contributed by atoms with van der Waals surface area (Å²) in [6, 6.07) is 16.3. The van der Waals surface area contributed by atoms with Crippen LogP contribution in [-0.2, 0) is 12.8 Å². The van der Waals surface area contributed by atoms with Crippen LogP contribution in [0.4, 0.5) is 0 Å². The average molecular weight is 515 g/mol. The Morgan fingerprint density at radius 1 is 1.03 bits per heavy atom. The summed E-state index contributed by atoms with van der Waals surface area (Å²) in [6.45, 7) is 6.54. The normalized spacial score (nSPS) is 17.0. The number of pyridine rings is 1. The van der Waals surface area contributed by atoms with Gasteiger partial charge in [-0.1, -0.05) is 61.9 Å². The van der Waals surface area contributed by atoms with E-state index in [0.717, 1.165) is 30.4 Å². The van der Waals surface area contributed by atoms with Gasteiger partial charge in [-0.05, 0) is 55.4 Å². The number of rotatable bonds is 7. The second-order valence-electron chi connectivity index (χ2n) is 10.5. The summed E-state index contributed by atoms with van der Waals surface area (Å²) in [5.74, 6) is -1.95. The molecule has 0 radical (unpaired) electrons. The minimum Gasteiger partial charge on any atom is -0.487 e. The molecule has 0 saturated carbocycles. The number of hydrogen-bond acceptors (Lipinski definition) is 4. The molecular formula is C31H34N2O5. The van der Waals surface area contributed by atoms with E-state index >= 15 is 0 Å². The van der Waals surface area contributed by atoms with Gasteiger partial charge in [0.05, 0.1) is 12.6 Å². The number of ether oxygens (including phenoxy) is 1. The van der Waals surface area contributed by atoms with Crippen molar-refractivity contribution in [2.75, 3.05) is 13.2 Å². The van der Waals surface area contributed by atoms with Crippen molar-refractivity contribution in [3.05, 3.63) is 98.5 Å². The van der Waals surface area contributed by atoms with E-state index in [9.17, 15) is 19.5 Å². The maximum absolute atomic E-state index is 13.9. The molecule has 1 aromatic heterocycles. The Morgan fingerprint density at radius 2 is 1.63 bits per heavy atom. The lowest BCUT2D eigenvalue weighted by atomic mass is 9.81. The predicted octanol–water partition coefficient (Wildman–Crippen LogP) is 5.06. The van der Waals surface area contributed by atoms with Crippen LogP contribution in [0, 0.1) is 0 Å². The first-order valence-corrected chi connectivity index (χ1v) is 13.4. The molecule has 7 nitrogen and oxygen atoms in total. The molecule has 5 rings (SSSR count). The van der Waals surface area contributed by atoms with Crippen LogP contribution < -0.4 is 10.2 Å². The Morgan fingerprint density at radius 3 is 2.18 bits per heavy atom. The third-order valence-electron chi connectivity index (χ3n) is 7.82. The smallest absolute Gasteiger partial charge is 0.341 e. The van der Waals surface area contributed by atoms with E-state index in [2.05, 4.69) is 24.3 Å². The quantitative estimate of drug-likeness (QED) is 0.445. The van der Waals surface area contributed by atoms with Gasteiger partial charge in [0, 0.05) is 24.7 Å². The summed E-state index contributed by atoms with van der Waals surface area (Å²) in [5.41, 5.74) is 3.81. The van der Waals surface area contributed by atoms with Crippen molar-refractivity contribution in [2.45, 2.75) is 64.5 Å². The minimum absolute atomic E-state index is 0.118. The highest BCUT2D eigenvalue weighted by Crippen LogP contribution is 2.44. The first kappa shape index (κ1) is 25.8. The second-order valence-corrected chi connectivity index (χ2v) is 10.5. The molecule has 1 aliphatic heterocycles. The number of carbonyl (C=O) groups is 2. The number of carboxylic acids is 1. The standard InChI is InChI=1S/C31H34N2O5/c1-4-5-16-38-29-27-30(35)32(19(2)3)18-25(33(27)17-24(28(29)34)31(36)37)26-22-12-8-6-10-20(22)14-15-21-11-7-9-13-23(21)26/h6-13,17,19,25-26H,4-5,14-16,18H2,1-3H3,(H,36,37)/t25-/m1/s1. The molecule has 0 unspecified atom stereocenters. The van der Waals surface area contributed by atoms with Crippen molar-refractivity contribution < 1.29 is 19.4 Å². The molecule has 2 aliphatic rings. The fourth-order valence-corrected chi connectivity index (χ4v) is 5.89. The summed E-state index contributed by atoms with van der Waals surface area (Å²) >= 11 is 0. The third kappa shape index (κ3) is 4.40. The van der Waals surface area contributed by atoms with Crippen molar-refractivity contribution in [3.63, 3.8) is 0 Å². The molecule has 2 heterocycles. The van der Waals surface area contributed by atoms with Crippen molar-refractivity contribution in [2.24, 2.45) is 0 Å². The van der Waals surface area contributed by atoms with Crippen LogP contribution in [0.2, 0.25) is 0 Å². The van der Waals surface area contributed by atoms with Gasteiger partial charge in [0.25, 0.3) is 5.91 Å². The van der Waals surface area contributed by atoms with Crippen molar-refractivity contribution >= 4 is 11.9 Å². The molecule has 0 saturated heterocycles. The Bertz CT molecular complexity index is 1390. The summed E-state index contributed by atoms with van der Waals surface area (Å²) < 4.78 is 7.65. The third-order valence-corrected chi connectivity index (χ3v) is 7.82. The molecule has 1 N–H and O–H groups in total. The van der Waals surface area contributed by atoms with E-state index in [4.69, 9.17) is 4.74 Å². The molecule has 198 valence electrons. The van der Waals surface area contributed by atoms with Gasteiger partial charge in [0.2, 0.25) is 5.43 Å². The first-order chi connectivity index (χ1) is 18.3. The van der Waals surface area contributed by atoms with Gasteiger partial charge >= 0.3 is 5.97 Å². The molecule has 0 spiro atoms. The lowest BCUT2D eigenvalue weighted by Gasteiger charge is -2.42. The average Bonchev–Trinajstić information content (AvgIpc) is 3.07. The number of benzene rings is 2. The zero-order valence-corrected chi connectivity index (χ0v) is 22.1. The first-order valence-electron chi connectivity index (χ1n) is 13.4. The zero-order valence-electron chi connectivity index (χ0n) is 22.1. The van der Waals surface area contributed by atoms with Gasteiger partial charge in [0.15, 0.2) is 11.4 Å². The largest absolute Gasteiger partial charge is 0.487 e. The van der Waals surface area contributed by atoms with Crippen molar-refractivity contribution in [3.8, 4) is 5.75 Å². The predicted molar refractivity (Wildman–Crippen MR) is 145 cm³/mol. The van der Waals surface area contributed by atoms with E-state index in [1.807, 2.05) is 45.0 Å². The van der Waals surface area contributed by atoms with E-state index in [1.165, 1.54) is 17.3 Å². The second kappa shape index (κ2) is 10.5. The summed E-state index contributed by atoms with van der Waals surface area (Å²) in [7, 11) is 0. The maximum Gasteiger partial charge on any atom is 0.341 e. The molecule has 1 aliphatic carbocycles. The molecule has 2 aromatic carbocycles. The van der Waals surface area contributed by atoms with Crippen LogP contribution in [-0.4, -0.2) is 45.6 Å². The Kier molecular flexibility index (Phi) is 7.11. The lowest BCUT2D eigenvalue weighted by molar-refractivity contribution is 0.0577. The zero-order chi connectivity index (χ0) is 27.0. The maximum atomic E-state index is 13.9. The van der Waals surface area contributed by atoms with Crippen LogP contribution in [0.1, 0.15) is 88.7 Å². The summed E-state index contributed by atoms with van der Waals surface area (Å²) in [5, 5.41) is 9.96. The van der Waals surface area contributed by atoms with Gasteiger partial charge in [-0.3, -0.25) is 9.59 Å². The molecule has 3 aromatic rings. The Labute approximate surface area is 222 Å². The molecule has 1 amide bonds. The number of aromatic carboxylic acids is 1. The van der Waals surface area contributed by atoms with E-state index in [0.29, 0.717) is 13.0 Å². The molecule has 38 heavy (non-hydrogen) atoms. The van der Waals surface area contributed by atoms with Crippen LogP contribution >= 0.6 is 0 Å². The van der Waals surface area contributed by atoms with Gasteiger partial charge in [0.1, 0.15) is 5.56 Å². The topological polar surface area (TPSA) is 88.8 Å². The summed E-state index contributed by atoms with van der Waals surface area (Å²) in [4.78, 5) is 41.2. The number of carbonyl (C=O) groups excluding carboxylic acids is 1. The molecule has 0 fully saturated rings. The van der Waals surface area contributed by atoms with E-state index in [-0.39, 0.29) is 47.5 Å². The fraction of sp³-hybridized carbons (Fsp3) is 0.387. The van der Waals surface area contributed by atoms with Gasteiger partial charge < -0.3 is 19.3 Å². The Balaban J connectivity index is 1.81. The van der Waals surface area contributed by atoms with Crippen LogP contribution in [0.5, 0.6) is 5.75 Å². The van der Waals surface area contributed by atoms with Gasteiger partial charge in [-0.15, -0.1) is 0 Å². The number of hydrogen-bond donors (Lipinski definition) is 1. The lowest BCUT2D eigenvalue weighted by Crippen LogP contribution is -2.49.